The topological polar surface area (TPSA) is 104 Å². The molecule has 0 saturated heterocycles. The van der Waals surface area contributed by atoms with Crippen LogP contribution in [-0.2, 0) is 21.8 Å². The Hall–Kier alpha value is -3.20. The van der Waals surface area contributed by atoms with Crippen molar-refractivity contribution in [2.24, 2.45) is 0 Å². The van der Waals surface area contributed by atoms with E-state index in [1.54, 1.807) is 36.4 Å². The zero-order valence-electron chi connectivity index (χ0n) is 15.0. The van der Waals surface area contributed by atoms with Crippen LogP contribution in [0.3, 0.4) is 0 Å². The fourth-order valence-corrected chi connectivity index (χ4v) is 3.60. The molecule has 2 aromatic carbocycles. The molecule has 8 nitrogen and oxygen atoms in total. The summed E-state index contributed by atoms with van der Waals surface area (Å²) in [4.78, 5) is 39.3. The number of hydrogen-bond donors (Lipinski definition) is 0. The number of benzene rings is 2. The number of nitro benzene ring substituents is 1. The second kappa shape index (κ2) is 8.66. The number of aromatic nitrogens is 2. The lowest BCUT2D eigenvalue weighted by Gasteiger charge is -2.12. The average molecular weight is 399 g/mol. The molecule has 9 heteroatoms. The molecule has 0 atom stereocenters. The van der Waals surface area contributed by atoms with Crippen molar-refractivity contribution in [1.82, 2.24) is 9.55 Å². The Balaban J connectivity index is 1.90. The lowest BCUT2D eigenvalue weighted by molar-refractivity contribution is -0.384. The average Bonchev–Trinajstić information content (AvgIpc) is 2.71. The van der Waals surface area contributed by atoms with Crippen LogP contribution in [0.25, 0.3) is 10.9 Å². The van der Waals surface area contributed by atoms with E-state index in [1.807, 2.05) is 0 Å². The summed E-state index contributed by atoms with van der Waals surface area (Å²) in [7, 11) is 1.30. The Morgan fingerprint density at radius 3 is 2.61 bits per heavy atom. The van der Waals surface area contributed by atoms with Gasteiger partial charge in [-0.2, -0.15) is 0 Å². The van der Waals surface area contributed by atoms with Gasteiger partial charge in [-0.1, -0.05) is 36.0 Å². The number of fused-ring (bicyclic) bond motifs is 1. The van der Waals surface area contributed by atoms with Crippen LogP contribution < -0.4 is 5.56 Å². The number of thioether (sulfide) groups is 1. The molecule has 0 N–H and O–H groups in total. The smallest absolute Gasteiger partial charge is 0.307 e. The van der Waals surface area contributed by atoms with Gasteiger partial charge < -0.3 is 4.74 Å². The zero-order valence-corrected chi connectivity index (χ0v) is 15.8. The third-order valence-corrected chi connectivity index (χ3v) is 5.16. The van der Waals surface area contributed by atoms with Crippen LogP contribution >= 0.6 is 11.8 Å². The second-order valence-corrected chi connectivity index (χ2v) is 6.85. The van der Waals surface area contributed by atoms with Crippen molar-refractivity contribution < 1.29 is 14.5 Å². The number of non-ortho nitro benzene ring substituents is 1. The molecular formula is C19H17N3O5S. The molecule has 0 spiro atoms. The van der Waals surface area contributed by atoms with E-state index in [1.165, 1.54) is 35.6 Å². The van der Waals surface area contributed by atoms with E-state index in [0.29, 0.717) is 21.8 Å². The first-order valence-electron chi connectivity index (χ1n) is 8.42. The van der Waals surface area contributed by atoms with Gasteiger partial charge in [0.1, 0.15) is 0 Å². The van der Waals surface area contributed by atoms with Gasteiger partial charge in [0, 0.05) is 24.4 Å². The molecule has 3 rings (SSSR count). The Morgan fingerprint density at radius 2 is 1.93 bits per heavy atom. The molecule has 3 aromatic rings. The SMILES string of the molecule is COC(=O)CCn1c(SCc2ccc([N+](=O)[O-])cc2)nc2ccccc2c1=O. The summed E-state index contributed by atoms with van der Waals surface area (Å²) < 4.78 is 6.13. The number of methoxy groups -OCH3 is 1. The van der Waals surface area contributed by atoms with E-state index in [0.717, 1.165) is 5.56 Å². The van der Waals surface area contributed by atoms with E-state index in [2.05, 4.69) is 9.72 Å². The Kier molecular flexibility index (Phi) is 6.05. The van der Waals surface area contributed by atoms with Crippen molar-refractivity contribution >= 4 is 34.3 Å². The van der Waals surface area contributed by atoms with Gasteiger partial charge in [-0.25, -0.2) is 4.98 Å². The minimum absolute atomic E-state index is 0.0209. The van der Waals surface area contributed by atoms with E-state index < -0.39 is 10.9 Å². The summed E-state index contributed by atoms with van der Waals surface area (Å²) in [6, 6.07) is 13.2. The minimum atomic E-state index is -0.452. The van der Waals surface area contributed by atoms with E-state index in [4.69, 9.17) is 0 Å². The van der Waals surface area contributed by atoms with Crippen LogP contribution in [-0.4, -0.2) is 27.6 Å². The molecule has 0 bridgehead atoms. The Morgan fingerprint density at radius 1 is 1.21 bits per heavy atom. The molecule has 144 valence electrons. The normalized spacial score (nSPS) is 10.8. The molecule has 1 aromatic heterocycles. The maximum Gasteiger partial charge on any atom is 0.307 e. The number of esters is 1. The maximum absolute atomic E-state index is 12.9. The molecule has 0 aliphatic heterocycles. The van der Waals surface area contributed by atoms with E-state index in [9.17, 15) is 19.7 Å². The summed E-state index contributed by atoms with van der Waals surface area (Å²) in [6.07, 6.45) is 0.0571. The standard InChI is InChI=1S/C19H17N3O5S/c1-27-17(23)10-11-21-18(24)15-4-2-3-5-16(15)20-19(21)28-12-13-6-8-14(9-7-13)22(25)26/h2-9H,10-12H2,1H3. The highest BCUT2D eigenvalue weighted by Crippen LogP contribution is 2.23. The first-order chi connectivity index (χ1) is 13.5. The van der Waals surface area contributed by atoms with Gasteiger partial charge in [0.2, 0.25) is 0 Å². The van der Waals surface area contributed by atoms with Gasteiger partial charge in [-0.15, -0.1) is 0 Å². The maximum atomic E-state index is 12.9. The number of nitro groups is 1. The first kappa shape index (κ1) is 19.6. The van der Waals surface area contributed by atoms with E-state index >= 15 is 0 Å². The monoisotopic (exact) mass is 399 g/mol. The molecule has 0 fully saturated rings. The zero-order chi connectivity index (χ0) is 20.1. The number of carbonyl (C=O) groups is 1. The minimum Gasteiger partial charge on any atom is -0.469 e. The predicted octanol–water partition coefficient (Wildman–Crippen LogP) is 3.16. The molecule has 0 aliphatic carbocycles. The Labute approximate surface area is 164 Å². The summed E-state index contributed by atoms with van der Waals surface area (Å²) >= 11 is 1.33. The summed E-state index contributed by atoms with van der Waals surface area (Å²) in [5.74, 6) is 0.0625. The van der Waals surface area contributed by atoms with Crippen molar-refractivity contribution in [1.29, 1.82) is 0 Å². The van der Waals surface area contributed by atoms with Crippen molar-refractivity contribution in [2.45, 2.75) is 23.9 Å². The lowest BCUT2D eigenvalue weighted by Crippen LogP contribution is -2.24. The molecule has 0 amide bonds. The van der Waals surface area contributed by atoms with Gasteiger partial charge >= 0.3 is 5.97 Å². The fourth-order valence-electron chi connectivity index (χ4n) is 2.62. The number of carbonyl (C=O) groups excluding carboxylic acids is 1. The second-order valence-electron chi connectivity index (χ2n) is 5.91. The van der Waals surface area contributed by atoms with Crippen LogP contribution in [0.5, 0.6) is 0 Å². The third-order valence-electron chi connectivity index (χ3n) is 4.11. The van der Waals surface area contributed by atoms with Crippen LogP contribution in [0, 0.1) is 10.1 Å². The number of ether oxygens (including phenoxy) is 1. The van der Waals surface area contributed by atoms with Gasteiger partial charge in [0.15, 0.2) is 5.16 Å². The van der Waals surface area contributed by atoms with Gasteiger partial charge in [-0.3, -0.25) is 24.3 Å². The van der Waals surface area contributed by atoms with Crippen molar-refractivity contribution in [3.05, 3.63) is 74.6 Å². The van der Waals surface area contributed by atoms with Crippen LogP contribution in [0.1, 0.15) is 12.0 Å². The fraction of sp³-hybridized carbons (Fsp3) is 0.211. The lowest BCUT2D eigenvalue weighted by atomic mass is 10.2. The molecule has 0 unspecified atom stereocenters. The Bertz CT molecular complexity index is 1080. The largest absolute Gasteiger partial charge is 0.469 e. The van der Waals surface area contributed by atoms with Crippen molar-refractivity contribution in [3.8, 4) is 0 Å². The van der Waals surface area contributed by atoms with E-state index in [-0.39, 0.29) is 24.2 Å². The quantitative estimate of drug-likeness (QED) is 0.198. The van der Waals surface area contributed by atoms with Crippen LogP contribution in [0.2, 0.25) is 0 Å². The van der Waals surface area contributed by atoms with Crippen molar-refractivity contribution in [2.75, 3.05) is 7.11 Å². The number of rotatable bonds is 7. The number of para-hydroxylation sites is 1. The molecule has 28 heavy (non-hydrogen) atoms. The molecular weight excluding hydrogens is 382 g/mol. The highest BCUT2D eigenvalue weighted by Gasteiger charge is 2.13. The number of hydrogen-bond acceptors (Lipinski definition) is 7. The summed E-state index contributed by atoms with van der Waals surface area (Å²) in [5, 5.41) is 11.7. The highest BCUT2D eigenvalue weighted by molar-refractivity contribution is 7.98. The van der Waals surface area contributed by atoms with Crippen molar-refractivity contribution in [3.63, 3.8) is 0 Å². The molecule has 0 aliphatic rings. The van der Waals surface area contributed by atoms with Crippen LogP contribution in [0.15, 0.2) is 58.5 Å². The third kappa shape index (κ3) is 4.37. The van der Waals surface area contributed by atoms with Gasteiger partial charge in [0.25, 0.3) is 11.2 Å². The summed E-state index contributed by atoms with van der Waals surface area (Å²) in [6.45, 7) is 0.159. The van der Waals surface area contributed by atoms with Gasteiger partial charge in [-0.05, 0) is 17.7 Å². The molecule has 0 radical (unpaired) electrons. The van der Waals surface area contributed by atoms with Crippen LogP contribution in [0.4, 0.5) is 5.69 Å². The molecule has 1 heterocycles. The number of nitrogens with zero attached hydrogens (tertiary/aromatic N) is 3. The first-order valence-corrected chi connectivity index (χ1v) is 9.40. The molecule has 0 saturated carbocycles. The summed E-state index contributed by atoms with van der Waals surface area (Å²) in [5.41, 5.74) is 1.24. The predicted molar refractivity (Wildman–Crippen MR) is 105 cm³/mol. The highest BCUT2D eigenvalue weighted by atomic mass is 32.2. The van der Waals surface area contributed by atoms with Gasteiger partial charge in [0.05, 0.1) is 29.4 Å².